The molecule has 0 bridgehead atoms. The van der Waals surface area contributed by atoms with Crippen molar-refractivity contribution in [2.75, 3.05) is 12.4 Å². The second-order valence-electron chi connectivity index (χ2n) is 3.83. The lowest BCUT2D eigenvalue weighted by Gasteiger charge is -2.11. The van der Waals surface area contributed by atoms with Gasteiger partial charge in [0, 0.05) is 25.1 Å². The Morgan fingerprint density at radius 3 is 2.88 bits per heavy atom. The summed E-state index contributed by atoms with van der Waals surface area (Å²) in [6, 6.07) is 1.96. The summed E-state index contributed by atoms with van der Waals surface area (Å²) in [5, 5.41) is 3.30. The Morgan fingerprint density at radius 2 is 2.24 bits per heavy atom. The van der Waals surface area contributed by atoms with Gasteiger partial charge in [0.2, 0.25) is 0 Å². The highest BCUT2D eigenvalue weighted by Gasteiger charge is 2.05. The Bertz CT molecular complexity index is 507. The summed E-state index contributed by atoms with van der Waals surface area (Å²) in [4.78, 5) is 8.44. The minimum absolute atomic E-state index is 0.656. The molecule has 17 heavy (non-hydrogen) atoms. The van der Waals surface area contributed by atoms with Crippen LogP contribution in [0.2, 0.25) is 0 Å². The molecular formula is C12H16N4O. The number of anilines is 1. The number of hydrogen-bond donors (Lipinski definition) is 1. The highest BCUT2D eigenvalue weighted by Crippen LogP contribution is 2.23. The largest absolute Gasteiger partial charge is 0.493 e. The van der Waals surface area contributed by atoms with E-state index in [-0.39, 0.29) is 0 Å². The van der Waals surface area contributed by atoms with Crippen LogP contribution in [0.3, 0.4) is 0 Å². The van der Waals surface area contributed by atoms with Crippen LogP contribution in [0.15, 0.2) is 24.7 Å². The van der Waals surface area contributed by atoms with Crippen molar-refractivity contribution in [1.82, 2.24) is 14.5 Å². The summed E-state index contributed by atoms with van der Waals surface area (Å²) >= 11 is 0. The zero-order valence-corrected chi connectivity index (χ0v) is 10.3. The van der Waals surface area contributed by atoms with E-state index >= 15 is 0 Å². The molecule has 2 rings (SSSR count). The van der Waals surface area contributed by atoms with Gasteiger partial charge >= 0.3 is 0 Å². The van der Waals surface area contributed by atoms with E-state index in [0.717, 1.165) is 23.0 Å². The Balaban J connectivity index is 2.13. The third-order valence-electron chi connectivity index (χ3n) is 2.58. The molecule has 0 radical (unpaired) electrons. The molecule has 5 heteroatoms. The van der Waals surface area contributed by atoms with Crippen LogP contribution in [-0.2, 0) is 13.6 Å². The minimum Gasteiger partial charge on any atom is -0.493 e. The topological polar surface area (TPSA) is 52.0 Å². The predicted octanol–water partition coefficient (Wildman–Crippen LogP) is 1.74. The maximum Gasteiger partial charge on any atom is 0.160 e. The van der Waals surface area contributed by atoms with E-state index in [1.165, 1.54) is 0 Å². The van der Waals surface area contributed by atoms with Gasteiger partial charge in [-0.3, -0.25) is 4.98 Å². The first kappa shape index (κ1) is 11.4. The van der Waals surface area contributed by atoms with E-state index in [2.05, 4.69) is 15.3 Å². The quantitative estimate of drug-likeness (QED) is 0.872. The molecule has 0 fully saturated rings. The SMILES string of the molecule is COc1cnc(C)cc1NCc1nccn1C. The monoisotopic (exact) mass is 232 g/mol. The fourth-order valence-corrected chi connectivity index (χ4v) is 1.59. The number of ether oxygens (including phenoxy) is 1. The molecule has 2 aromatic heterocycles. The lowest BCUT2D eigenvalue weighted by molar-refractivity contribution is 0.414. The number of imidazole rings is 1. The second kappa shape index (κ2) is 4.86. The number of nitrogens with one attached hydrogen (secondary N) is 1. The van der Waals surface area contributed by atoms with E-state index in [9.17, 15) is 0 Å². The van der Waals surface area contributed by atoms with Crippen LogP contribution in [0.25, 0.3) is 0 Å². The number of methoxy groups -OCH3 is 1. The second-order valence-corrected chi connectivity index (χ2v) is 3.83. The van der Waals surface area contributed by atoms with Crippen molar-refractivity contribution in [2.45, 2.75) is 13.5 Å². The molecule has 0 unspecified atom stereocenters. The lowest BCUT2D eigenvalue weighted by Crippen LogP contribution is -2.07. The third kappa shape index (κ3) is 2.55. The van der Waals surface area contributed by atoms with Crippen LogP contribution in [-0.4, -0.2) is 21.6 Å². The van der Waals surface area contributed by atoms with Gasteiger partial charge in [0.1, 0.15) is 5.82 Å². The van der Waals surface area contributed by atoms with Crippen molar-refractivity contribution in [2.24, 2.45) is 7.05 Å². The van der Waals surface area contributed by atoms with Gasteiger partial charge in [-0.15, -0.1) is 0 Å². The lowest BCUT2D eigenvalue weighted by atomic mass is 10.3. The number of pyridine rings is 1. The van der Waals surface area contributed by atoms with Gasteiger partial charge in [-0.1, -0.05) is 0 Å². The van der Waals surface area contributed by atoms with Crippen LogP contribution >= 0.6 is 0 Å². The van der Waals surface area contributed by atoms with Crippen molar-refractivity contribution < 1.29 is 4.74 Å². The zero-order chi connectivity index (χ0) is 12.3. The Kier molecular flexibility index (Phi) is 3.27. The molecule has 0 saturated carbocycles. The van der Waals surface area contributed by atoms with Crippen molar-refractivity contribution in [3.8, 4) is 5.75 Å². The first-order valence-electron chi connectivity index (χ1n) is 5.41. The number of aromatic nitrogens is 3. The number of aryl methyl sites for hydroxylation is 2. The number of hydrogen-bond acceptors (Lipinski definition) is 4. The fraction of sp³-hybridized carbons (Fsp3) is 0.333. The summed E-state index contributed by atoms with van der Waals surface area (Å²) in [6.07, 6.45) is 5.42. The Hall–Kier alpha value is -2.04. The summed E-state index contributed by atoms with van der Waals surface area (Å²) in [5.74, 6) is 1.71. The van der Waals surface area contributed by atoms with E-state index < -0.39 is 0 Å². The molecular weight excluding hydrogens is 216 g/mol. The van der Waals surface area contributed by atoms with Gasteiger partial charge in [0.25, 0.3) is 0 Å². The molecule has 0 aliphatic rings. The fourth-order valence-electron chi connectivity index (χ4n) is 1.59. The normalized spacial score (nSPS) is 10.3. The van der Waals surface area contributed by atoms with Crippen molar-refractivity contribution in [3.63, 3.8) is 0 Å². The summed E-state index contributed by atoms with van der Waals surface area (Å²) in [5.41, 5.74) is 1.89. The van der Waals surface area contributed by atoms with Gasteiger partial charge in [0.05, 0.1) is 25.5 Å². The predicted molar refractivity (Wildman–Crippen MR) is 66.1 cm³/mol. The smallest absolute Gasteiger partial charge is 0.160 e. The molecule has 0 aliphatic heterocycles. The highest BCUT2D eigenvalue weighted by molar-refractivity contribution is 5.55. The molecule has 0 atom stereocenters. The summed E-state index contributed by atoms with van der Waals surface area (Å²) in [7, 11) is 3.61. The standard InChI is InChI=1S/C12H16N4O/c1-9-6-10(11(17-3)7-14-9)15-8-12-13-4-5-16(12)2/h4-7H,8H2,1-3H3,(H,14,15). The molecule has 0 saturated heterocycles. The number of rotatable bonds is 4. The number of nitrogens with zero attached hydrogens (tertiary/aromatic N) is 3. The van der Waals surface area contributed by atoms with Gasteiger partial charge < -0.3 is 14.6 Å². The molecule has 0 amide bonds. The van der Waals surface area contributed by atoms with Crippen molar-refractivity contribution >= 4 is 5.69 Å². The molecule has 0 aromatic carbocycles. The van der Waals surface area contributed by atoms with Crippen LogP contribution < -0.4 is 10.1 Å². The van der Waals surface area contributed by atoms with Gasteiger partial charge in [-0.25, -0.2) is 4.98 Å². The van der Waals surface area contributed by atoms with Crippen LogP contribution in [0.4, 0.5) is 5.69 Å². The van der Waals surface area contributed by atoms with Crippen molar-refractivity contribution in [1.29, 1.82) is 0 Å². The van der Waals surface area contributed by atoms with E-state index in [4.69, 9.17) is 4.74 Å². The first-order valence-corrected chi connectivity index (χ1v) is 5.41. The van der Waals surface area contributed by atoms with Gasteiger partial charge in [-0.05, 0) is 13.0 Å². The van der Waals surface area contributed by atoms with E-state index in [1.807, 2.05) is 30.8 Å². The molecule has 2 heterocycles. The summed E-state index contributed by atoms with van der Waals surface area (Å²) in [6.45, 7) is 2.61. The minimum atomic E-state index is 0.656. The third-order valence-corrected chi connectivity index (χ3v) is 2.58. The summed E-state index contributed by atoms with van der Waals surface area (Å²) < 4.78 is 7.23. The molecule has 0 aliphatic carbocycles. The van der Waals surface area contributed by atoms with E-state index in [0.29, 0.717) is 6.54 Å². The maximum atomic E-state index is 5.25. The highest BCUT2D eigenvalue weighted by atomic mass is 16.5. The van der Waals surface area contributed by atoms with Crippen LogP contribution in [0, 0.1) is 6.92 Å². The zero-order valence-electron chi connectivity index (χ0n) is 10.3. The molecule has 0 spiro atoms. The van der Waals surface area contributed by atoms with Gasteiger partial charge in [-0.2, -0.15) is 0 Å². The Morgan fingerprint density at radius 1 is 1.41 bits per heavy atom. The Labute approximate surface area is 100 Å². The van der Waals surface area contributed by atoms with Crippen molar-refractivity contribution in [3.05, 3.63) is 36.2 Å². The maximum absolute atomic E-state index is 5.25. The van der Waals surface area contributed by atoms with Crippen LogP contribution in [0.5, 0.6) is 5.75 Å². The van der Waals surface area contributed by atoms with Crippen LogP contribution in [0.1, 0.15) is 11.5 Å². The molecule has 2 aromatic rings. The van der Waals surface area contributed by atoms with Gasteiger partial charge in [0.15, 0.2) is 5.75 Å². The molecule has 1 N–H and O–H groups in total. The molecule has 5 nitrogen and oxygen atoms in total. The first-order chi connectivity index (χ1) is 8.20. The molecule has 90 valence electrons. The van der Waals surface area contributed by atoms with E-state index in [1.54, 1.807) is 19.5 Å². The average molecular weight is 232 g/mol. The average Bonchev–Trinajstić information content (AvgIpc) is 2.72.